The summed E-state index contributed by atoms with van der Waals surface area (Å²) in [6, 6.07) is 6.00. The third kappa shape index (κ3) is 3.43. The number of hydrogen-bond acceptors (Lipinski definition) is 2. The molecule has 3 nitrogen and oxygen atoms in total. The Labute approximate surface area is 139 Å². The fourth-order valence-electron chi connectivity index (χ4n) is 2.55. The van der Waals surface area contributed by atoms with E-state index < -0.39 is 0 Å². The van der Waals surface area contributed by atoms with Crippen LogP contribution in [0, 0.1) is 13.8 Å². The Morgan fingerprint density at radius 1 is 1.38 bits per heavy atom. The van der Waals surface area contributed by atoms with E-state index in [9.17, 15) is 0 Å². The molecule has 2 rings (SSSR count). The molecule has 0 fully saturated rings. The van der Waals surface area contributed by atoms with Crippen molar-refractivity contribution >= 4 is 27.5 Å². The van der Waals surface area contributed by atoms with Crippen molar-refractivity contribution in [3.8, 4) is 5.75 Å². The van der Waals surface area contributed by atoms with Gasteiger partial charge in [0.15, 0.2) is 0 Å². The maximum Gasteiger partial charge on any atom is 0.124 e. The summed E-state index contributed by atoms with van der Waals surface area (Å²) in [6.45, 7) is 6.85. The van der Waals surface area contributed by atoms with E-state index >= 15 is 0 Å². The van der Waals surface area contributed by atoms with Crippen molar-refractivity contribution in [1.29, 1.82) is 0 Å². The van der Waals surface area contributed by atoms with E-state index in [-0.39, 0.29) is 5.38 Å². The number of rotatable bonds is 5. The van der Waals surface area contributed by atoms with Crippen molar-refractivity contribution in [1.82, 2.24) is 9.78 Å². The highest BCUT2D eigenvalue weighted by Gasteiger charge is 2.18. The van der Waals surface area contributed by atoms with Gasteiger partial charge in [-0.3, -0.25) is 4.68 Å². The lowest BCUT2D eigenvalue weighted by atomic mass is 10.1. The molecule has 0 saturated heterocycles. The normalized spacial score (nSPS) is 12.5. The predicted molar refractivity (Wildman–Crippen MR) is 90.4 cm³/mol. The summed E-state index contributed by atoms with van der Waals surface area (Å²) < 4.78 is 8.46. The van der Waals surface area contributed by atoms with Gasteiger partial charge in [-0.25, -0.2) is 0 Å². The quantitative estimate of drug-likeness (QED) is 0.691. The van der Waals surface area contributed by atoms with E-state index in [4.69, 9.17) is 16.3 Å². The number of halogens is 2. The van der Waals surface area contributed by atoms with Gasteiger partial charge in [-0.15, -0.1) is 11.6 Å². The summed E-state index contributed by atoms with van der Waals surface area (Å²) >= 11 is 9.92. The van der Waals surface area contributed by atoms with E-state index in [1.165, 1.54) is 0 Å². The molecule has 1 aromatic heterocycles. The molecule has 1 unspecified atom stereocenters. The molecule has 0 bridgehead atoms. The smallest absolute Gasteiger partial charge is 0.124 e. The first-order valence-electron chi connectivity index (χ1n) is 6.98. The lowest BCUT2D eigenvalue weighted by Crippen LogP contribution is -2.06. The van der Waals surface area contributed by atoms with Crippen LogP contribution in [0.2, 0.25) is 0 Å². The van der Waals surface area contributed by atoms with Crippen LogP contribution in [0.5, 0.6) is 5.75 Å². The molecular formula is C16H20BrClN2O. The Morgan fingerprint density at radius 3 is 2.71 bits per heavy atom. The van der Waals surface area contributed by atoms with E-state index in [1.54, 1.807) is 7.11 Å². The van der Waals surface area contributed by atoms with Crippen LogP contribution in [-0.2, 0) is 6.54 Å². The predicted octanol–water partition coefficient (Wildman–Crippen LogP) is 5.01. The molecule has 0 spiro atoms. The molecule has 0 radical (unpaired) electrons. The third-order valence-electron chi connectivity index (χ3n) is 3.67. The van der Waals surface area contributed by atoms with Crippen LogP contribution in [0.3, 0.4) is 0 Å². The van der Waals surface area contributed by atoms with Crippen molar-refractivity contribution in [3.63, 3.8) is 0 Å². The van der Waals surface area contributed by atoms with Gasteiger partial charge in [0.25, 0.3) is 0 Å². The van der Waals surface area contributed by atoms with Gasteiger partial charge in [0.2, 0.25) is 0 Å². The molecule has 21 heavy (non-hydrogen) atoms. The lowest BCUT2D eigenvalue weighted by molar-refractivity contribution is 0.407. The van der Waals surface area contributed by atoms with Gasteiger partial charge < -0.3 is 4.74 Å². The zero-order valence-electron chi connectivity index (χ0n) is 12.8. The minimum Gasteiger partial charge on any atom is -0.496 e. The highest BCUT2D eigenvalue weighted by Crippen LogP contribution is 2.31. The number of alkyl halides is 1. The molecule has 0 amide bonds. The number of ether oxygens (including phenoxy) is 1. The molecule has 5 heteroatoms. The average Bonchev–Trinajstić information content (AvgIpc) is 2.73. The molecular weight excluding hydrogens is 352 g/mol. The lowest BCUT2D eigenvalue weighted by Gasteiger charge is -2.11. The van der Waals surface area contributed by atoms with Crippen LogP contribution in [0.25, 0.3) is 0 Å². The van der Waals surface area contributed by atoms with Gasteiger partial charge in [0.1, 0.15) is 5.75 Å². The minimum atomic E-state index is 0.0168. The molecule has 0 aliphatic rings. The summed E-state index contributed by atoms with van der Waals surface area (Å²) in [4.78, 5) is 0. The number of aryl methyl sites for hydroxylation is 1. The summed E-state index contributed by atoms with van der Waals surface area (Å²) in [5.74, 6) is 0.866. The monoisotopic (exact) mass is 370 g/mol. The van der Waals surface area contributed by atoms with Gasteiger partial charge in [0.05, 0.1) is 24.7 Å². The molecule has 0 aliphatic carbocycles. The van der Waals surface area contributed by atoms with Crippen molar-refractivity contribution < 1.29 is 4.74 Å². The maximum atomic E-state index is 6.42. The summed E-state index contributed by atoms with van der Waals surface area (Å²) in [5, 5.41) is 4.66. The zero-order valence-corrected chi connectivity index (χ0v) is 15.1. The van der Waals surface area contributed by atoms with E-state index in [0.717, 1.165) is 39.2 Å². The SMILES string of the molecule is CCC(Cl)c1c(C)nn(Cc2cc(Br)ccc2OC)c1C. The minimum absolute atomic E-state index is 0.0168. The Bertz CT molecular complexity index is 639. The number of hydrogen-bond donors (Lipinski definition) is 0. The molecule has 1 aromatic carbocycles. The molecule has 1 atom stereocenters. The van der Waals surface area contributed by atoms with Crippen molar-refractivity contribution in [2.24, 2.45) is 0 Å². The number of benzene rings is 1. The van der Waals surface area contributed by atoms with Crippen molar-refractivity contribution in [2.45, 2.75) is 39.1 Å². The van der Waals surface area contributed by atoms with E-state index in [0.29, 0.717) is 6.54 Å². The Morgan fingerprint density at radius 2 is 2.10 bits per heavy atom. The molecule has 1 heterocycles. The first-order chi connectivity index (χ1) is 9.97. The summed E-state index contributed by atoms with van der Waals surface area (Å²) in [6.07, 6.45) is 0.898. The second kappa shape index (κ2) is 6.84. The highest BCUT2D eigenvalue weighted by atomic mass is 79.9. The molecule has 0 aliphatic heterocycles. The topological polar surface area (TPSA) is 27.1 Å². The fourth-order valence-corrected chi connectivity index (χ4v) is 3.28. The molecule has 0 N–H and O–H groups in total. The first kappa shape index (κ1) is 16.4. The Hall–Kier alpha value is -1.00. The Kier molecular flexibility index (Phi) is 5.33. The van der Waals surface area contributed by atoms with E-state index in [1.807, 2.05) is 23.7 Å². The molecule has 2 aromatic rings. The maximum absolute atomic E-state index is 6.42. The van der Waals surface area contributed by atoms with Crippen LogP contribution >= 0.6 is 27.5 Å². The third-order valence-corrected chi connectivity index (χ3v) is 4.69. The largest absolute Gasteiger partial charge is 0.496 e. The fraction of sp³-hybridized carbons (Fsp3) is 0.438. The Balaban J connectivity index is 2.39. The molecule has 0 saturated carbocycles. The number of aromatic nitrogens is 2. The van der Waals surface area contributed by atoms with Crippen LogP contribution in [0.1, 0.15) is 41.2 Å². The average molecular weight is 372 g/mol. The van der Waals surface area contributed by atoms with Crippen molar-refractivity contribution in [2.75, 3.05) is 7.11 Å². The van der Waals surface area contributed by atoms with Crippen LogP contribution in [0.4, 0.5) is 0 Å². The van der Waals surface area contributed by atoms with Gasteiger partial charge in [-0.1, -0.05) is 22.9 Å². The second-order valence-corrected chi connectivity index (χ2v) is 6.52. The molecule has 114 valence electrons. The van der Waals surface area contributed by atoms with Gasteiger partial charge in [-0.05, 0) is 38.5 Å². The van der Waals surface area contributed by atoms with Crippen LogP contribution in [0.15, 0.2) is 22.7 Å². The number of nitrogens with zero attached hydrogens (tertiary/aromatic N) is 2. The standard InChI is InChI=1S/C16H20BrClN2O/c1-5-14(18)16-10(2)19-20(11(16)3)9-12-8-13(17)6-7-15(12)21-4/h6-8,14H,5,9H2,1-4H3. The van der Waals surface area contributed by atoms with Gasteiger partial charge in [0, 0.05) is 21.3 Å². The first-order valence-corrected chi connectivity index (χ1v) is 8.21. The van der Waals surface area contributed by atoms with Crippen LogP contribution < -0.4 is 4.74 Å². The summed E-state index contributed by atoms with van der Waals surface area (Å²) in [5.41, 5.74) is 4.36. The van der Waals surface area contributed by atoms with E-state index in [2.05, 4.69) is 40.9 Å². The summed E-state index contributed by atoms with van der Waals surface area (Å²) in [7, 11) is 1.69. The highest BCUT2D eigenvalue weighted by molar-refractivity contribution is 9.10. The van der Waals surface area contributed by atoms with Gasteiger partial charge in [-0.2, -0.15) is 5.10 Å². The number of methoxy groups -OCH3 is 1. The second-order valence-electron chi connectivity index (χ2n) is 5.07. The van der Waals surface area contributed by atoms with Crippen LogP contribution in [-0.4, -0.2) is 16.9 Å². The van der Waals surface area contributed by atoms with Crippen molar-refractivity contribution in [3.05, 3.63) is 45.2 Å². The van der Waals surface area contributed by atoms with Gasteiger partial charge >= 0.3 is 0 Å². The zero-order chi connectivity index (χ0) is 15.6.